The number of carbonyl (C=O) groups excluding carboxylic acids is 1. The zero-order chi connectivity index (χ0) is 13.5. The van der Waals surface area contributed by atoms with Gasteiger partial charge >= 0.3 is 0 Å². The number of aliphatic hydroxyl groups excluding tert-OH is 1. The van der Waals surface area contributed by atoms with Crippen LogP contribution in [0, 0.1) is 23.7 Å². The molecule has 4 heteroatoms. The first-order valence-corrected chi connectivity index (χ1v) is 6.88. The summed E-state index contributed by atoms with van der Waals surface area (Å²) in [5.41, 5.74) is 0. The molecule has 0 aliphatic carbocycles. The molecule has 2 saturated heterocycles. The van der Waals surface area contributed by atoms with E-state index in [1.807, 2.05) is 13.8 Å². The molecular formula is C14H24O4. The van der Waals surface area contributed by atoms with Crippen LogP contribution in [0.5, 0.6) is 0 Å². The van der Waals surface area contributed by atoms with Gasteiger partial charge in [-0.25, -0.2) is 0 Å². The van der Waals surface area contributed by atoms with E-state index in [0.717, 1.165) is 6.42 Å². The van der Waals surface area contributed by atoms with E-state index in [-0.39, 0.29) is 36.2 Å². The summed E-state index contributed by atoms with van der Waals surface area (Å²) in [5, 5.41) is 9.40. The summed E-state index contributed by atoms with van der Waals surface area (Å²) in [6.07, 6.45) is 0.682. The average Bonchev–Trinajstić information content (AvgIpc) is 2.35. The highest BCUT2D eigenvalue weighted by Gasteiger charge is 2.55. The number of ketones is 1. The SMILES string of the molecule is C[C@@H]1C[C@H](C)[C@]2(OC[C@H](C)C(=O)[C@@H]2C)O[C@H]1CO. The Hall–Kier alpha value is -0.450. The minimum absolute atomic E-state index is 0.0184. The van der Waals surface area contributed by atoms with Crippen LogP contribution in [0.4, 0.5) is 0 Å². The van der Waals surface area contributed by atoms with Crippen molar-refractivity contribution >= 4 is 5.78 Å². The second-order valence-electron chi connectivity index (χ2n) is 6.01. The van der Waals surface area contributed by atoms with Gasteiger partial charge in [0.2, 0.25) is 0 Å². The van der Waals surface area contributed by atoms with Crippen LogP contribution in [-0.4, -0.2) is 36.0 Å². The number of aliphatic hydroxyl groups is 1. The zero-order valence-corrected chi connectivity index (χ0v) is 11.7. The van der Waals surface area contributed by atoms with E-state index in [0.29, 0.717) is 12.5 Å². The molecule has 6 atom stereocenters. The van der Waals surface area contributed by atoms with Gasteiger partial charge in [-0.2, -0.15) is 0 Å². The van der Waals surface area contributed by atoms with Gasteiger partial charge in [-0.3, -0.25) is 4.79 Å². The highest BCUT2D eigenvalue weighted by atomic mass is 16.7. The van der Waals surface area contributed by atoms with E-state index in [2.05, 4.69) is 13.8 Å². The van der Waals surface area contributed by atoms with Crippen molar-refractivity contribution in [2.45, 2.75) is 46.0 Å². The predicted molar refractivity (Wildman–Crippen MR) is 66.9 cm³/mol. The number of hydrogen-bond donors (Lipinski definition) is 1. The molecule has 0 aromatic carbocycles. The fourth-order valence-corrected chi connectivity index (χ4v) is 3.35. The molecule has 2 fully saturated rings. The largest absolute Gasteiger partial charge is 0.394 e. The number of rotatable bonds is 1. The van der Waals surface area contributed by atoms with Crippen molar-refractivity contribution in [1.82, 2.24) is 0 Å². The molecule has 0 saturated carbocycles. The Kier molecular flexibility index (Phi) is 3.81. The van der Waals surface area contributed by atoms with E-state index >= 15 is 0 Å². The van der Waals surface area contributed by atoms with Gasteiger partial charge in [0, 0.05) is 11.8 Å². The molecule has 0 aromatic heterocycles. The van der Waals surface area contributed by atoms with Crippen LogP contribution in [0.15, 0.2) is 0 Å². The molecule has 0 amide bonds. The third-order valence-electron chi connectivity index (χ3n) is 4.64. The van der Waals surface area contributed by atoms with Crippen LogP contribution >= 0.6 is 0 Å². The molecule has 0 radical (unpaired) electrons. The van der Waals surface area contributed by atoms with Crippen molar-refractivity contribution in [2.24, 2.45) is 23.7 Å². The van der Waals surface area contributed by atoms with E-state index < -0.39 is 5.79 Å². The second kappa shape index (κ2) is 4.91. The Morgan fingerprint density at radius 3 is 2.61 bits per heavy atom. The molecule has 0 unspecified atom stereocenters. The van der Waals surface area contributed by atoms with Gasteiger partial charge in [-0.05, 0) is 12.3 Å². The van der Waals surface area contributed by atoms with E-state index in [1.54, 1.807) is 0 Å². The highest BCUT2D eigenvalue weighted by molar-refractivity contribution is 5.84. The van der Waals surface area contributed by atoms with E-state index in [1.165, 1.54) is 0 Å². The van der Waals surface area contributed by atoms with E-state index in [9.17, 15) is 9.90 Å². The van der Waals surface area contributed by atoms with Gasteiger partial charge < -0.3 is 14.6 Å². The van der Waals surface area contributed by atoms with Crippen LogP contribution in [0.3, 0.4) is 0 Å². The molecule has 2 rings (SSSR count). The minimum Gasteiger partial charge on any atom is -0.394 e. The maximum Gasteiger partial charge on any atom is 0.180 e. The number of hydrogen-bond acceptors (Lipinski definition) is 4. The summed E-state index contributed by atoms with van der Waals surface area (Å²) in [6, 6.07) is 0. The molecule has 1 N–H and O–H groups in total. The first kappa shape index (κ1) is 14.0. The molecule has 18 heavy (non-hydrogen) atoms. The summed E-state index contributed by atoms with van der Waals surface area (Å²) in [5.74, 6) is -0.489. The van der Waals surface area contributed by atoms with Gasteiger partial charge in [0.1, 0.15) is 5.78 Å². The van der Waals surface area contributed by atoms with E-state index in [4.69, 9.17) is 9.47 Å². The molecule has 2 aliphatic heterocycles. The monoisotopic (exact) mass is 256 g/mol. The third kappa shape index (κ3) is 2.00. The van der Waals surface area contributed by atoms with Gasteiger partial charge in [-0.15, -0.1) is 0 Å². The lowest BCUT2D eigenvalue weighted by molar-refractivity contribution is -0.345. The Morgan fingerprint density at radius 2 is 2.00 bits per heavy atom. The van der Waals surface area contributed by atoms with Crippen LogP contribution < -0.4 is 0 Å². The summed E-state index contributed by atoms with van der Waals surface area (Å²) in [6.45, 7) is 8.33. The predicted octanol–water partition coefficient (Wildman–Crippen LogP) is 1.61. The third-order valence-corrected chi connectivity index (χ3v) is 4.64. The molecule has 104 valence electrons. The summed E-state index contributed by atoms with van der Waals surface area (Å²) in [7, 11) is 0. The van der Waals surface area contributed by atoms with Crippen molar-refractivity contribution in [2.75, 3.05) is 13.2 Å². The minimum atomic E-state index is -0.830. The van der Waals surface area contributed by atoms with Crippen LogP contribution in [0.2, 0.25) is 0 Å². The van der Waals surface area contributed by atoms with Crippen molar-refractivity contribution in [3.05, 3.63) is 0 Å². The van der Waals surface area contributed by atoms with Crippen LogP contribution in [0.25, 0.3) is 0 Å². The zero-order valence-electron chi connectivity index (χ0n) is 11.7. The van der Waals surface area contributed by atoms with Crippen LogP contribution in [-0.2, 0) is 14.3 Å². The average molecular weight is 256 g/mol. The first-order chi connectivity index (χ1) is 8.42. The highest BCUT2D eigenvalue weighted by Crippen LogP contribution is 2.45. The number of ether oxygens (including phenoxy) is 2. The molecule has 2 aliphatic rings. The lowest BCUT2D eigenvalue weighted by Gasteiger charge is -2.52. The topological polar surface area (TPSA) is 55.8 Å². The Morgan fingerprint density at radius 1 is 1.33 bits per heavy atom. The Bertz CT molecular complexity index is 330. The van der Waals surface area contributed by atoms with Gasteiger partial charge in [0.25, 0.3) is 0 Å². The van der Waals surface area contributed by atoms with Crippen LogP contribution in [0.1, 0.15) is 34.1 Å². The summed E-state index contributed by atoms with van der Waals surface area (Å²) >= 11 is 0. The van der Waals surface area contributed by atoms with Crippen molar-refractivity contribution in [1.29, 1.82) is 0 Å². The van der Waals surface area contributed by atoms with Crippen molar-refractivity contribution < 1.29 is 19.4 Å². The Labute approximate surface area is 109 Å². The number of Topliss-reactive ketones (excluding diaryl/α,β-unsaturated/α-hetero) is 1. The van der Waals surface area contributed by atoms with Gasteiger partial charge in [0.15, 0.2) is 5.79 Å². The quantitative estimate of drug-likeness (QED) is 0.774. The first-order valence-electron chi connectivity index (χ1n) is 6.88. The molecule has 0 aromatic rings. The molecule has 1 spiro atoms. The van der Waals surface area contributed by atoms with Gasteiger partial charge in [-0.1, -0.05) is 27.7 Å². The molecule has 0 bridgehead atoms. The molecule has 2 heterocycles. The fourth-order valence-electron chi connectivity index (χ4n) is 3.35. The summed E-state index contributed by atoms with van der Waals surface area (Å²) in [4.78, 5) is 12.2. The van der Waals surface area contributed by atoms with Gasteiger partial charge in [0.05, 0.1) is 25.2 Å². The normalized spacial score (nSPS) is 49.6. The fraction of sp³-hybridized carbons (Fsp3) is 0.929. The lowest BCUT2D eigenvalue weighted by Crippen LogP contribution is -2.61. The van der Waals surface area contributed by atoms with Crippen molar-refractivity contribution in [3.8, 4) is 0 Å². The molecule has 4 nitrogen and oxygen atoms in total. The Balaban J connectivity index is 2.26. The van der Waals surface area contributed by atoms with Crippen molar-refractivity contribution in [3.63, 3.8) is 0 Å². The lowest BCUT2D eigenvalue weighted by atomic mass is 9.74. The maximum atomic E-state index is 12.2. The second-order valence-corrected chi connectivity index (χ2v) is 6.01. The number of carbonyl (C=O) groups is 1. The molecular weight excluding hydrogens is 232 g/mol. The smallest absolute Gasteiger partial charge is 0.180 e. The maximum absolute atomic E-state index is 12.2. The standard InChI is InChI=1S/C14H24O4/c1-8-5-10(3)14(18-12(8)6-15)11(4)13(16)9(2)7-17-14/h8-12,15H,5-7H2,1-4H3/t8-,9+,10+,11+,12+,14+/m1/s1. The summed E-state index contributed by atoms with van der Waals surface area (Å²) < 4.78 is 12.0.